The van der Waals surface area contributed by atoms with Crippen LogP contribution in [0, 0.1) is 11.8 Å². The normalized spacial score (nSPS) is 24.2. The lowest BCUT2D eigenvalue weighted by molar-refractivity contribution is -0.141. The zero-order valence-electron chi connectivity index (χ0n) is 11.5. The van der Waals surface area contributed by atoms with Crippen molar-refractivity contribution in [2.75, 3.05) is 13.1 Å². The van der Waals surface area contributed by atoms with E-state index >= 15 is 0 Å². The van der Waals surface area contributed by atoms with Gasteiger partial charge in [-0.05, 0) is 50.1 Å². The van der Waals surface area contributed by atoms with Crippen molar-refractivity contribution in [2.45, 2.75) is 39.2 Å². The molecule has 106 valence electrons. The average Bonchev–Trinajstić information content (AvgIpc) is 2.31. The molecule has 1 aliphatic rings. The quantitative estimate of drug-likeness (QED) is 0.244. The van der Waals surface area contributed by atoms with Crippen LogP contribution in [0.3, 0.4) is 0 Å². The second kappa shape index (κ2) is 7.81. The molecule has 0 saturated heterocycles. The Balaban J connectivity index is 2.50. The number of nitrogens with zero attached hydrogens (tertiary/aromatic N) is 3. The van der Waals surface area contributed by atoms with Crippen LogP contribution in [0.2, 0.25) is 0 Å². The predicted octanol–water partition coefficient (Wildman–Crippen LogP) is 2.72. The molecule has 0 heterocycles. The molecule has 0 amide bonds. The number of azide groups is 1. The first-order valence-corrected chi connectivity index (χ1v) is 6.69. The molecule has 1 aliphatic carbocycles. The van der Waals surface area contributed by atoms with Gasteiger partial charge in [0.05, 0.1) is 0 Å². The number of carboxylic acids is 1. The summed E-state index contributed by atoms with van der Waals surface area (Å²) in [6.45, 7) is 5.14. The van der Waals surface area contributed by atoms with E-state index in [1.54, 1.807) is 0 Å². The molecule has 6 heteroatoms. The first kappa shape index (κ1) is 15.5. The summed E-state index contributed by atoms with van der Waals surface area (Å²) in [5, 5.41) is 15.8. The monoisotopic (exact) mass is 266 g/mol. The van der Waals surface area contributed by atoms with Crippen LogP contribution >= 0.6 is 0 Å². The number of nitrogens with one attached hydrogen (secondary N) is 1. The second-order valence-electron chi connectivity index (χ2n) is 5.27. The third-order valence-electron chi connectivity index (χ3n) is 3.43. The summed E-state index contributed by atoms with van der Waals surface area (Å²) >= 11 is 0. The van der Waals surface area contributed by atoms with Gasteiger partial charge in [-0.3, -0.25) is 4.79 Å². The van der Waals surface area contributed by atoms with Crippen LogP contribution in [0.25, 0.3) is 10.4 Å². The fourth-order valence-electron chi connectivity index (χ4n) is 2.76. The van der Waals surface area contributed by atoms with Crippen molar-refractivity contribution >= 4 is 5.97 Å². The molecule has 2 N–H and O–H groups in total. The molecule has 0 radical (unpaired) electrons. The van der Waals surface area contributed by atoms with Gasteiger partial charge in [0.25, 0.3) is 0 Å². The van der Waals surface area contributed by atoms with Gasteiger partial charge in [-0.1, -0.05) is 23.7 Å². The third kappa shape index (κ3) is 5.32. The molecule has 0 spiro atoms. The van der Waals surface area contributed by atoms with E-state index in [4.69, 9.17) is 5.53 Å². The summed E-state index contributed by atoms with van der Waals surface area (Å²) < 4.78 is 0. The van der Waals surface area contributed by atoms with Crippen LogP contribution in [-0.2, 0) is 4.79 Å². The molecule has 3 atom stereocenters. The Morgan fingerprint density at radius 3 is 3.05 bits per heavy atom. The van der Waals surface area contributed by atoms with Gasteiger partial charge in [-0.25, -0.2) is 0 Å². The van der Waals surface area contributed by atoms with Crippen molar-refractivity contribution in [1.82, 2.24) is 5.32 Å². The van der Waals surface area contributed by atoms with Crippen LogP contribution in [-0.4, -0.2) is 30.2 Å². The molecular formula is C13H22N4O2. The second-order valence-corrected chi connectivity index (χ2v) is 5.27. The lowest BCUT2D eigenvalue weighted by atomic mass is 9.79. The zero-order chi connectivity index (χ0) is 14.3. The average molecular weight is 266 g/mol. The topological polar surface area (TPSA) is 98.1 Å². The number of carboxylic acid groups (broad SMARTS) is 1. The Kier molecular flexibility index (Phi) is 6.39. The zero-order valence-corrected chi connectivity index (χ0v) is 11.5. The number of hydrogen-bond donors (Lipinski definition) is 2. The first-order valence-electron chi connectivity index (χ1n) is 6.69. The van der Waals surface area contributed by atoms with Crippen LogP contribution in [0.1, 0.15) is 33.1 Å². The SMILES string of the molecule is CC1=CC(C)CC(C(NCCCN=[N+]=[N-])C(=O)O)C1. The minimum absolute atomic E-state index is 0.136. The van der Waals surface area contributed by atoms with Crippen LogP contribution in [0.15, 0.2) is 16.8 Å². The van der Waals surface area contributed by atoms with E-state index in [0.29, 0.717) is 25.4 Å². The van der Waals surface area contributed by atoms with E-state index in [1.807, 2.05) is 0 Å². The van der Waals surface area contributed by atoms with Gasteiger partial charge < -0.3 is 10.4 Å². The Hall–Kier alpha value is -1.52. The van der Waals surface area contributed by atoms with E-state index in [-0.39, 0.29) is 5.92 Å². The summed E-state index contributed by atoms with van der Waals surface area (Å²) in [6, 6.07) is -0.517. The minimum Gasteiger partial charge on any atom is -0.480 e. The Bertz CT molecular complexity index is 388. The molecular weight excluding hydrogens is 244 g/mol. The van der Waals surface area contributed by atoms with Gasteiger partial charge in [0, 0.05) is 11.5 Å². The molecule has 3 unspecified atom stereocenters. The highest BCUT2D eigenvalue weighted by Crippen LogP contribution is 2.30. The largest absolute Gasteiger partial charge is 0.480 e. The van der Waals surface area contributed by atoms with Gasteiger partial charge in [0.1, 0.15) is 6.04 Å². The van der Waals surface area contributed by atoms with Crippen molar-refractivity contribution in [3.8, 4) is 0 Å². The highest BCUT2D eigenvalue weighted by atomic mass is 16.4. The first-order chi connectivity index (χ1) is 9.04. The van der Waals surface area contributed by atoms with E-state index in [0.717, 1.165) is 12.8 Å². The van der Waals surface area contributed by atoms with Crippen molar-refractivity contribution in [3.05, 3.63) is 22.1 Å². The molecule has 1 rings (SSSR count). The fourth-order valence-corrected chi connectivity index (χ4v) is 2.76. The molecule has 6 nitrogen and oxygen atoms in total. The van der Waals surface area contributed by atoms with Crippen molar-refractivity contribution < 1.29 is 9.90 Å². The van der Waals surface area contributed by atoms with Crippen LogP contribution < -0.4 is 5.32 Å². The lowest BCUT2D eigenvalue weighted by Crippen LogP contribution is -2.44. The van der Waals surface area contributed by atoms with Gasteiger partial charge >= 0.3 is 5.97 Å². The summed E-state index contributed by atoms with van der Waals surface area (Å²) in [7, 11) is 0. The van der Waals surface area contributed by atoms with Crippen molar-refractivity contribution in [1.29, 1.82) is 0 Å². The summed E-state index contributed by atoms with van der Waals surface area (Å²) in [4.78, 5) is 14.0. The third-order valence-corrected chi connectivity index (χ3v) is 3.43. The molecule has 0 bridgehead atoms. The number of rotatable bonds is 7. The highest BCUT2D eigenvalue weighted by Gasteiger charge is 2.30. The van der Waals surface area contributed by atoms with E-state index < -0.39 is 12.0 Å². The van der Waals surface area contributed by atoms with Gasteiger partial charge in [-0.15, -0.1) is 0 Å². The molecule has 0 aromatic heterocycles. The molecule has 0 fully saturated rings. The molecule has 0 aliphatic heterocycles. The van der Waals surface area contributed by atoms with Gasteiger partial charge in [-0.2, -0.15) is 0 Å². The number of aliphatic carboxylic acids is 1. The molecule has 0 aromatic rings. The standard InChI is InChI=1S/C13H22N4O2/c1-9-6-10(2)8-11(7-9)12(13(18)19)15-4-3-5-16-17-14/h6,9,11-12,15H,3-5,7-8H2,1-2H3,(H,18,19). The maximum absolute atomic E-state index is 11.4. The minimum atomic E-state index is -0.796. The number of hydrogen-bond acceptors (Lipinski definition) is 3. The summed E-state index contributed by atoms with van der Waals surface area (Å²) in [5.74, 6) is -0.224. The Labute approximate surface area is 113 Å². The van der Waals surface area contributed by atoms with Crippen molar-refractivity contribution in [3.63, 3.8) is 0 Å². The van der Waals surface area contributed by atoms with Crippen LogP contribution in [0.4, 0.5) is 0 Å². The molecule has 0 saturated carbocycles. The molecule has 19 heavy (non-hydrogen) atoms. The fraction of sp³-hybridized carbons (Fsp3) is 0.769. The lowest BCUT2D eigenvalue weighted by Gasteiger charge is -2.30. The molecule has 0 aromatic carbocycles. The number of carbonyl (C=O) groups is 1. The van der Waals surface area contributed by atoms with E-state index in [9.17, 15) is 9.90 Å². The summed E-state index contributed by atoms with van der Waals surface area (Å²) in [5.41, 5.74) is 9.43. The highest BCUT2D eigenvalue weighted by molar-refractivity contribution is 5.74. The van der Waals surface area contributed by atoms with E-state index in [1.165, 1.54) is 5.57 Å². The number of allylic oxidation sites excluding steroid dienone is 2. The Morgan fingerprint density at radius 2 is 2.47 bits per heavy atom. The smallest absolute Gasteiger partial charge is 0.320 e. The van der Waals surface area contributed by atoms with Gasteiger partial charge in [0.2, 0.25) is 0 Å². The maximum Gasteiger partial charge on any atom is 0.320 e. The maximum atomic E-state index is 11.4. The van der Waals surface area contributed by atoms with Gasteiger partial charge in [0.15, 0.2) is 0 Å². The van der Waals surface area contributed by atoms with Crippen LogP contribution in [0.5, 0.6) is 0 Å². The predicted molar refractivity (Wildman–Crippen MR) is 73.7 cm³/mol. The van der Waals surface area contributed by atoms with Crippen molar-refractivity contribution in [2.24, 2.45) is 17.0 Å². The van der Waals surface area contributed by atoms with E-state index in [2.05, 4.69) is 35.3 Å². The Morgan fingerprint density at radius 1 is 1.74 bits per heavy atom. The summed E-state index contributed by atoms with van der Waals surface area (Å²) in [6.07, 6.45) is 4.62.